The Kier molecular flexibility index (Phi) is 4.87. The standard InChI is InChI=1S/C14H15NO2S2/c1-3-17-11-6-4-10(5-7-11)13(16)15-12-8-9-19-14(12)18-2/h4-9H,3H2,1-2H3,(H,15,16). The first-order valence-corrected chi connectivity index (χ1v) is 8.00. The maximum atomic E-state index is 12.1. The zero-order valence-corrected chi connectivity index (χ0v) is 12.4. The summed E-state index contributed by atoms with van der Waals surface area (Å²) in [4.78, 5) is 12.1. The van der Waals surface area contributed by atoms with Crippen LogP contribution in [0.4, 0.5) is 5.69 Å². The molecule has 0 saturated carbocycles. The zero-order chi connectivity index (χ0) is 13.7. The first-order valence-electron chi connectivity index (χ1n) is 5.90. The largest absolute Gasteiger partial charge is 0.494 e. The molecule has 0 spiro atoms. The summed E-state index contributed by atoms with van der Waals surface area (Å²) in [6, 6.07) is 9.07. The summed E-state index contributed by atoms with van der Waals surface area (Å²) >= 11 is 3.26. The van der Waals surface area contributed by atoms with Gasteiger partial charge in [0.2, 0.25) is 0 Å². The third kappa shape index (κ3) is 3.52. The highest BCUT2D eigenvalue weighted by Crippen LogP contribution is 2.31. The maximum Gasteiger partial charge on any atom is 0.255 e. The average molecular weight is 293 g/mol. The van der Waals surface area contributed by atoms with Crippen molar-refractivity contribution in [1.82, 2.24) is 0 Å². The molecule has 0 radical (unpaired) electrons. The monoisotopic (exact) mass is 293 g/mol. The molecule has 0 aliphatic heterocycles. The number of thioether (sulfide) groups is 1. The molecule has 0 aliphatic rings. The molecule has 0 atom stereocenters. The molecule has 1 N–H and O–H groups in total. The fourth-order valence-corrected chi connectivity index (χ4v) is 3.07. The van der Waals surface area contributed by atoms with E-state index < -0.39 is 0 Å². The number of benzene rings is 1. The highest BCUT2D eigenvalue weighted by molar-refractivity contribution is 8.00. The number of amides is 1. The van der Waals surface area contributed by atoms with Crippen molar-refractivity contribution in [3.05, 3.63) is 41.3 Å². The maximum absolute atomic E-state index is 12.1. The number of hydrogen-bond donors (Lipinski definition) is 1. The third-order valence-electron chi connectivity index (χ3n) is 2.49. The van der Waals surface area contributed by atoms with Crippen LogP contribution in [0.1, 0.15) is 17.3 Å². The van der Waals surface area contributed by atoms with Gasteiger partial charge in [-0.25, -0.2) is 0 Å². The van der Waals surface area contributed by atoms with Gasteiger partial charge in [0.15, 0.2) is 0 Å². The van der Waals surface area contributed by atoms with Crippen LogP contribution in [0.25, 0.3) is 0 Å². The number of carbonyl (C=O) groups excluding carboxylic acids is 1. The molecule has 1 amide bonds. The van der Waals surface area contributed by atoms with Gasteiger partial charge in [-0.2, -0.15) is 0 Å². The minimum Gasteiger partial charge on any atom is -0.494 e. The molecular weight excluding hydrogens is 278 g/mol. The number of nitrogens with one attached hydrogen (secondary N) is 1. The van der Waals surface area contributed by atoms with E-state index in [1.54, 1.807) is 35.2 Å². The Balaban J connectivity index is 2.07. The van der Waals surface area contributed by atoms with Crippen LogP contribution < -0.4 is 10.1 Å². The van der Waals surface area contributed by atoms with E-state index in [0.29, 0.717) is 12.2 Å². The first-order chi connectivity index (χ1) is 9.24. The Labute approximate surface area is 121 Å². The van der Waals surface area contributed by atoms with Gasteiger partial charge in [0.05, 0.1) is 16.5 Å². The van der Waals surface area contributed by atoms with Crippen molar-refractivity contribution in [1.29, 1.82) is 0 Å². The Hall–Kier alpha value is -1.46. The van der Waals surface area contributed by atoms with Crippen molar-refractivity contribution in [2.45, 2.75) is 11.1 Å². The summed E-state index contributed by atoms with van der Waals surface area (Å²) in [6.45, 7) is 2.55. The number of ether oxygens (including phenoxy) is 1. The molecular formula is C14H15NO2S2. The van der Waals surface area contributed by atoms with Crippen LogP contribution in [0.3, 0.4) is 0 Å². The molecule has 1 aromatic carbocycles. The lowest BCUT2D eigenvalue weighted by molar-refractivity contribution is 0.102. The normalized spacial score (nSPS) is 10.2. The number of carbonyl (C=O) groups is 1. The minimum atomic E-state index is -0.100. The fraction of sp³-hybridized carbons (Fsp3) is 0.214. The third-order valence-corrected chi connectivity index (χ3v) is 4.58. The van der Waals surface area contributed by atoms with Crippen LogP contribution in [0.2, 0.25) is 0 Å². The van der Waals surface area contributed by atoms with Crippen LogP contribution in [-0.4, -0.2) is 18.8 Å². The summed E-state index contributed by atoms with van der Waals surface area (Å²) in [5.41, 5.74) is 1.50. The SMILES string of the molecule is CCOc1ccc(C(=O)Nc2ccsc2SC)cc1. The number of anilines is 1. The molecule has 0 fully saturated rings. The lowest BCUT2D eigenvalue weighted by Crippen LogP contribution is -2.11. The lowest BCUT2D eigenvalue weighted by atomic mass is 10.2. The molecule has 0 saturated heterocycles. The summed E-state index contributed by atoms with van der Waals surface area (Å²) < 4.78 is 6.46. The number of thiophene rings is 1. The van der Waals surface area contributed by atoms with Crippen LogP contribution in [-0.2, 0) is 0 Å². The predicted octanol–water partition coefficient (Wildman–Crippen LogP) is 4.12. The Bertz CT molecular complexity index is 549. The predicted molar refractivity (Wildman–Crippen MR) is 81.7 cm³/mol. The van der Waals surface area contributed by atoms with Gasteiger partial charge in [-0.15, -0.1) is 23.1 Å². The zero-order valence-electron chi connectivity index (χ0n) is 10.8. The van der Waals surface area contributed by atoms with E-state index in [0.717, 1.165) is 15.6 Å². The molecule has 5 heteroatoms. The molecule has 0 aliphatic carbocycles. The fourth-order valence-electron chi connectivity index (χ4n) is 1.61. The quantitative estimate of drug-likeness (QED) is 0.843. The topological polar surface area (TPSA) is 38.3 Å². The highest BCUT2D eigenvalue weighted by atomic mass is 32.2. The first kappa shape index (κ1) is 14.0. The summed E-state index contributed by atoms with van der Waals surface area (Å²) in [7, 11) is 0. The van der Waals surface area contributed by atoms with Crippen molar-refractivity contribution >= 4 is 34.7 Å². The molecule has 2 rings (SSSR count). The second kappa shape index (κ2) is 6.63. The van der Waals surface area contributed by atoms with Gasteiger partial charge in [0.25, 0.3) is 5.91 Å². The summed E-state index contributed by atoms with van der Waals surface area (Å²) in [5.74, 6) is 0.677. The molecule has 1 aromatic heterocycles. The van der Waals surface area contributed by atoms with Gasteiger partial charge < -0.3 is 10.1 Å². The smallest absolute Gasteiger partial charge is 0.255 e. The average Bonchev–Trinajstić information content (AvgIpc) is 2.87. The van der Waals surface area contributed by atoms with Crippen LogP contribution in [0, 0.1) is 0 Å². The molecule has 2 aromatic rings. The second-order valence-electron chi connectivity index (χ2n) is 3.74. The molecule has 1 heterocycles. The molecule has 0 unspecified atom stereocenters. The lowest BCUT2D eigenvalue weighted by Gasteiger charge is -2.06. The van der Waals surface area contributed by atoms with Crippen LogP contribution in [0.5, 0.6) is 5.75 Å². The van der Waals surface area contributed by atoms with Crippen molar-refractivity contribution in [2.24, 2.45) is 0 Å². The van der Waals surface area contributed by atoms with E-state index in [1.165, 1.54) is 0 Å². The van der Waals surface area contributed by atoms with E-state index in [4.69, 9.17) is 4.74 Å². The molecule has 3 nitrogen and oxygen atoms in total. The Morgan fingerprint density at radius 2 is 2.05 bits per heavy atom. The Morgan fingerprint density at radius 3 is 2.68 bits per heavy atom. The van der Waals surface area contributed by atoms with Gasteiger partial charge in [-0.05, 0) is 48.9 Å². The molecule has 100 valence electrons. The van der Waals surface area contributed by atoms with Crippen molar-refractivity contribution in [3.63, 3.8) is 0 Å². The van der Waals surface area contributed by atoms with Gasteiger partial charge in [-0.1, -0.05) is 0 Å². The van der Waals surface area contributed by atoms with E-state index in [-0.39, 0.29) is 5.91 Å². The van der Waals surface area contributed by atoms with Gasteiger partial charge in [0.1, 0.15) is 5.75 Å². The van der Waals surface area contributed by atoms with E-state index >= 15 is 0 Å². The van der Waals surface area contributed by atoms with E-state index in [9.17, 15) is 4.79 Å². The summed E-state index contributed by atoms with van der Waals surface area (Å²) in [5, 5.41) is 4.89. The van der Waals surface area contributed by atoms with Gasteiger partial charge >= 0.3 is 0 Å². The summed E-state index contributed by atoms with van der Waals surface area (Å²) in [6.07, 6.45) is 2.00. The highest BCUT2D eigenvalue weighted by Gasteiger charge is 2.09. The second-order valence-corrected chi connectivity index (χ2v) is 5.73. The van der Waals surface area contributed by atoms with Crippen molar-refractivity contribution in [2.75, 3.05) is 18.2 Å². The van der Waals surface area contributed by atoms with E-state index in [1.807, 2.05) is 36.8 Å². The van der Waals surface area contributed by atoms with Crippen LogP contribution >= 0.6 is 23.1 Å². The van der Waals surface area contributed by atoms with Crippen molar-refractivity contribution < 1.29 is 9.53 Å². The number of hydrogen-bond acceptors (Lipinski definition) is 4. The Morgan fingerprint density at radius 1 is 1.32 bits per heavy atom. The van der Waals surface area contributed by atoms with Crippen molar-refractivity contribution in [3.8, 4) is 5.75 Å². The minimum absolute atomic E-state index is 0.100. The molecule has 0 bridgehead atoms. The van der Waals surface area contributed by atoms with Gasteiger partial charge in [-0.3, -0.25) is 4.79 Å². The van der Waals surface area contributed by atoms with Gasteiger partial charge in [0, 0.05) is 5.56 Å². The molecule has 19 heavy (non-hydrogen) atoms. The number of rotatable bonds is 5. The van der Waals surface area contributed by atoms with Crippen LogP contribution in [0.15, 0.2) is 39.9 Å². The van der Waals surface area contributed by atoms with E-state index in [2.05, 4.69) is 5.32 Å².